The third-order valence-corrected chi connectivity index (χ3v) is 4.78. The fraction of sp³-hybridized carbons (Fsp3) is 0.667. The van der Waals surface area contributed by atoms with Gasteiger partial charge >= 0.3 is 12.2 Å². The molecule has 1 aliphatic heterocycles. The van der Waals surface area contributed by atoms with Gasteiger partial charge in [-0.2, -0.15) is 0 Å². The summed E-state index contributed by atoms with van der Waals surface area (Å²) < 4.78 is 16.2. The van der Waals surface area contributed by atoms with Gasteiger partial charge in [0.15, 0.2) is 0 Å². The normalized spacial score (nSPS) is 13.7. The SMILES string of the molecule is COCCN(CCNCc1cccc2c1N(C(=O)OC(C)(C)C)CC2)C(=O)OC(C)(C)C. The van der Waals surface area contributed by atoms with E-state index in [0.29, 0.717) is 39.3 Å². The predicted molar refractivity (Wildman–Crippen MR) is 125 cm³/mol. The number of rotatable bonds is 8. The smallest absolute Gasteiger partial charge is 0.414 e. The zero-order valence-electron chi connectivity index (χ0n) is 20.6. The van der Waals surface area contributed by atoms with Crippen LogP contribution in [0.25, 0.3) is 0 Å². The lowest BCUT2D eigenvalue weighted by molar-refractivity contribution is 0.0204. The summed E-state index contributed by atoms with van der Waals surface area (Å²) in [6.07, 6.45) is 0.138. The number of amides is 2. The fourth-order valence-corrected chi connectivity index (χ4v) is 3.44. The van der Waals surface area contributed by atoms with E-state index >= 15 is 0 Å². The number of fused-ring (bicyclic) bond motifs is 1. The molecule has 0 saturated heterocycles. The minimum Gasteiger partial charge on any atom is -0.444 e. The Kier molecular flexibility index (Phi) is 8.92. The number of hydrogen-bond donors (Lipinski definition) is 1. The molecule has 8 nitrogen and oxygen atoms in total. The summed E-state index contributed by atoms with van der Waals surface area (Å²) in [7, 11) is 1.61. The number of para-hydroxylation sites is 1. The minimum atomic E-state index is -0.550. The Hall–Kier alpha value is -2.32. The van der Waals surface area contributed by atoms with Crippen LogP contribution in [0.15, 0.2) is 18.2 Å². The first-order valence-electron chi connectivity index (χ1n) is 11.2. The molecule has 0 atom stereocenters. The van der Waals surface area contributed by atoms with Crippen molar-refractivity contribution in [2.24, 2.45) is 0 Å². The number of nitrogens with zero attached hydrogens (tertiary/aromatic N) is 2. The second-order valence-corrected chi connectivity index (χ2v) is 9.94. The van der Waals surface area contributed by atoms with Gasteiger partial charge in [0, 0.05) is 39.8 Å². The highest BCUT2D eigenvalue weighted by Gasteiger charge is 2.30. The minimum absolute atomic E-state index is 0.320. The Morgan fingerprint density at radius 2 is 1.75 bits per heavy atom. The molecule has 32 heavy (non-hydrogen) atoms. The molecule has 0 spiro atoms. The fourth-order valence-electron chi connectivity index (χ4n) is 3.44. The molecule has 1 aliphatic rings. The van der Waals surface area contributed by atoms with Crippen LogP contribution in [0, 0.1) is 0 Å². The molecular formula is C24H39N3O5. The molecule has 2 rings (SSSR count). The number of benzene rings is 1. The van der Waals surface area contributed by atoms with Crippen LogP contribution >= 0.6 is 0 Å². The second kappa shape index (κ2) is 11.0. The summed E-state index contributed by atoms with van der Waals surface area (Å²) >= 11 is 0. The van der Waals surface area contributed by atoms with Gasteiger partial charge in [-0.1, -0.05) is 18.2 Å². The van der Waals surface area contributed by atoms with Crippen LogP contribution in [0.4, 0.5) is 15.3 Å². The third kappa shape index (κ3) is 7.98. The van der Waals surface area contributed by atoms with Crippen molar-refractivity contribution in [1.82, 2.24) is 10.2 Å². The van der Waals surface area contributed by atoms with E-state index in [-0.39, 0.29) is 12.2 Å². The van der Waals surface area contributed by atoms with Gasteiger partial charge in [0.05, 0.1) is 12.3 Å². The largest absolute Gasteiger partial charge is 0.444 e. The highest BCUT2D eigenvalue weighted by Crippen LogP contribution is 2.33. The van der Waals surface area contributed by atoms with Crippen molar-refractivity contribution in [3.8, 4) is 0 Å². The molecule has 1 N–H and O–H groups in total. The standard InChI is InChI=1S/C24H39N3O5/c1-23(2,3)31-21(28)26(15-16-30-7)14-12-25-17-19-10-8-9-18-11-13-27(20(18)19)22(29)32-24(4,5)6/h8-10,25H,11-17H2,1-7H3. The van der Waals surface area contributed by atoms with Crippen LogP contribution in [0.5, 0.6) is 0 Å². The maximum absolute atomic E-state index is 12.7. The van der Waals surface area contributed by atoms with Crippen molar-refractivity contribution in [2.75, 3.05) is 44.8 Å². The van der Waals surface area contributed by atoms with E-state index in [9.17, 15) is 9.59 Å². The number of carbonyl (C=O) groups excluding carboxylic acids is 2. The van der Waals surface area contributed by atoms with Crippen molar-refractivity contribution < 1.29 is 23.8 Å². The highest BCUT2D eigenvalue weighted by atomic mass is 16.6. The van der Waals surface area contributed by atoms with Crippen molar-refractivity contribution in [3.05, 3.63) is 29.3 Å². The number of hydrogen-bond acceptors (Lipinski definition) is 6. The van der Waals surface area contributed by atoms with E-state index in [1.54, 1.807) is 16.9 Å². The van der Waals surface area contributed by atoms with E-state index in [1.165, 1.54) is 0 Å². The van der Waals surface area contributed by atoms with Gasteiger partial charge in [0.1, 0.15) is 11.2 Å². The Morgan fingerprint density at radius 1 is 1.06 bits per heavy atom. The molecule has 1 heterocycles. The van der Waals surface area contributed by atoms with Gasteiger partial charge in [-0.3, -0.25) is 4.90 Å². The number of nitrogens with one attached hydrogen (secondary N) is 1. The number of methoxy groups -OCH3 is 1. The maximum Gasteiger partial charge on any atom is 0.414 e. The van der Waals surface area contributed by atoms with Crippen LogP contribution in [0.2, 0.25) is 0 Å². The summed E-state index contributed by atoms with van der Waals surface area (Å²) in [4.78, 5) is 28.5. The van der Waals surface area contributed by atoms with Crippen LogP contribution in [0.3, 0.4) is 0 Å². The number of ether oxygens (including phenoxy) is 3. The number of anilines is 1. The molecule has 0 aliphatic carbocycles. The Bertz CT molecular complexity index is 783. The van der Waals surface area contributed by atoms with Gasteiger partial charge in [-0.25, -0.2) is 9.59 Å². The average Bonchev–Trinajstić information content (AvgIpc) is 3.09. The molecule has 0 unspecified atom stereocenters. The van der Waals surface area contributed by atoms with Gasteiger partial charge in [-0.05, 0) is 59.1 Å². The van der Waals surface area contributed by atoms with Crippen LogP contribution in [-0.2, 0) is 27.2 Å². The third-order valence-electron chi connectivity index (χ3n) is 4.78. The van der Waals surface area contributed by atoms with Gasteiger partial charge < -0.3 is 24.4 Å². The van der Waals surface area contributed by atoms with Crippen LogP contribution < -0.4 is 10.2 Å². The topological polar surface area (TPSA) is 80.3 Å². The molecule has 0 bridgehead atoms. The summed E-state index contributed by atoms with van der Waals surface area (Å²) in [5.41, 5.74) is 2.01. The first-order valence-corrected chi connectivity index (χ1v) is 11.2. The molecule has 0 fully saturated rings. The molecule has 0 radical (unpaired) electrons. The second-order valence-electron chi connectivity index (χ2n) is 9.94. The molecule has 8 heteroatoms. The van der Waals surface area contributed by atoms with E-state index in [1.807, 2.05) is 53.7 Å². The molecule has 1 aromatic carbocycles. The molecule has 180 valence electrons. The van der Waals surface area contributed by atoms with Crippen LogP contribution in [-0.4, -0.2) is 68.2 Å². The van der Waals surface area contributed by atoms with Crippen molar-refractivity contribution in [3.63, 3.8) is 0 Å². The number of carbonyl (C=O) groups is 2. The summed E-state index contributed by atoms with van der Waals surface area (Å²) in [6.45, 7) is 14.3. The molecule has 2 amide bonds. The van der Waals surface area contributed by atoms with E-state index in [0.717, 1.165) is 23.2 Å². The van der Waals surface area contributed by atoms with E-state index in [2.05, 4.69) is 11.4 Å². The lowest BCUT2D eigenvalue weighted by Gasteiger charge is -2.27. The average molecular weight is 450 g/mol. The Morgan fingerprint density at radius 3 is 2.38 bits per heavy atom. The predicted octanol–water partition coefficient (Wildman–Crippen LogP) is 3.96. The van der Waals surface area contributed by atoms with Crippen LogP contribution in [0.1, 0.15) is 52.7 Å². The van der Waals surface area contributed by atoms with E-state index in [4.69, 9.17) is 14.2 Å². The summed E-state index contributed by atoms with van der Waals surface area (Å²) in [5.74, 6) is 0. The maximum atomic E-state index is 12.7. The quantitative estimate of drug-likeness (QED) is 0.605. The van der Waals surface area contributed by atoms with Gasteiger partial charge in [-0.15, -0.1) is 0 Å². The monoisotopic (exact) mass is 449 g/mol. The van der Waals surface area contributed by atoms with Crippen molar-refractivity contribution in [1.29, 1.82) is 0 Å². The lowest BCUT2D eigenvalue weighted by Crippen LogP contribution is -2.42. The molecule has 0 aromatic heterocycles. The summed E-state index contributed by atoms with van der Waals surface area (Å²) in [5, 5.41) is 3.39. The first kappa shape index (κ1) is 25.9. The Labute approximate surface area is 192 Å². The van der Waals surface area contributed by atoms with E-state index < -0.39 is 11.2 Å². The Balaban J connectivity index is 1.99. The zero-order chi connectivity index (χ0) is 23.9. The molecule has 0 saturated carbocycles. The lowest BCUT2D eigenvalue weighted by atomic mass is 10.1. The van der Waals surface area contributed by atoms with Gasteiger partial charge in [0.2, 0.25) is 0 Å². The highest BCUT2D eigenvalue weighted by molar-refractivity contribution is 5.91. The first-order chi connectivity index (χ1) is 14.9. The summed E-state index contributed by atoms with van der Waals surface area (Å²) in [6, 6.07) is 6.09. The molecule has 1 aromatic rings. The van der Waals surface area contributed by atoms with Crippen molar-refractivity contribution in [2.45, 2.75) is 65.7 Å². The van der Waals surface area contributed by atoms with Gasteiger partial charge in [0.25, 0.3) is 0 Å². The molecular weight excluding hydrogens is 410 g/mol. The zero-order valence-corrected chi connectivity index (χ0v) is 20.6. The van der Waals surface area contributed by atoms with Crippen molar-refractivity contribution >= 4 is 17.9 Å².